The second-order valence-corrected chi connectivity index (χ2v) is 8.35. The van der Waals surface area contributed by atoms with Crippen LogP contribution < -0.4 is 0 Å². The van der Waals surface area contributed by atoms with Crippen LogP contribution in [0.15, 0.2) is 15.0 Å². The van der Waals surface area contributed by atoms with Gasteiger partial charge >= 0.3 is 0 Å². The number of hydrogen-bond acceptors (Lipinski definition) is 2. The van der Waals surface area contributed by atoms with E-state index in [1.54, 1.807) is 0 Å². The van der Waals surface area contributed by atoms with E-state index in [1.165, 1.54) is 0 Å². The van der Waals surface area contributed by atoms with E-state index in [4.69, 9.17) is 0 Å². The van der Waals surface area contributed by atoms with Gasteiger partial charge in [0.05, 0.1) is 15.0 Å². The first-order chi connectivity index (χ1) is 8.37. The van der Waals surface area contributed by atoms with Gasteiger partial charge in [0, 0.05) is 4.47 Å². The maximum Gasteiger partial charge on any atom is 0.288 e. The van der Waals surface area contributed by atoms with Crippen LogP contribution in [-0.2, 0) is 10.8 Å². The van der Waals surface area contributed by atoms with Crippen LogP contribution in [0.5, 0.6) is 0 Å². The molecule has 0 aliphatic carbocycles. The summed E-state index contributed by atoms with van der Waals surface area (Å²) in [5.41, 5.74) is 1.34. The summed E-state index contributed by atoms with van der Waals surface area (Å²) in [5.74, 6) is 0. The average molecular weight is 393 g/mol. The highest BCUT2D eigenvalue weighted by Crippen LogP contribution is 2.46. The van der Waals surface area contributed by atoms with Gasteiger partial charge < -0.3 is 0 Å². The molecule has 0 amide bonds. The Morgan fingerprint density at radius 2 is 1.53 bits per heavy atom. The zero-order valence-electron chi connectivity index (χ0n) is 12.1. The van der Waals surface area contributed by atoms with Crippen molar-refractivity contribution in [2.45, 2.75) is 52.4 Å². The van der Waals surface area contributed by atoms with E-state index < -0.39 is 0 Å². The van der Waals surface area contributed by atoms with Crippen molar-refractivity contribution < 1.29 is 4.92 Å². The van der Waals surface area contributed by atoms with Crippen molar-refractivity contribution in [3.63, 3.8) is 0 Å². The summed E-state index contributed by atoms with van der Waals surface area (Å²) in [7, 11) is 0. The molecule has 5 heteroatoms. The fourth-order valence-electron chi connectivity index (χ4n) is 2.04. The second-order valence-electron chi connectivity index (χ2n) is 6.70. The van der Waals surface area contributed by atoms with Gasteiger partial charge in [0.25, 0.3) is 5.69 Å². The third-order valence-corrected chi connectivity index (χ3v) is 4.36. The third-order valence-electron chi connectivity index (χ3n) is 2.93. The molecule has 0 saturated heterocycles. The first-order valence-corrected chi connectivity index (χ1v) is 7.63. The number of benzene rings is 1. The molecule has 0 N–H and O–H groups in total. The molecule has 106 valence electrons. The number of hydrogen-bond donors (Lipinski definition) is 0. The highest BCUT2D eigenvalue weighted by Gasteiger charge is 2.34. The zero-order valence-corrected chi connectivity index (χ0v) is 15.3. The summed E-state index contributed by atoms with van der Waals surface area (Å²) in [5, 5.41) is 11.5. The maximum absolute atomic E-state index is 11.5. The summed E-state index contributed by atoms with van der Waals surface area (Å²) >= 11 is 6.94. The summed E-state index contributed by atoms with van der Waals surface area (Å²) in [4.78, 5) is 11.2. The molecule has 1 rings (SSSR count). The van der Waals surface area contributed by atoms with E-state index in [0.717, 1.165) is 15.6 Å². The lowest BCUT2D eigenvalue weighted by molar-refractivity contribution is -0.386. The van der Waals surface area contributed by atoms with Gasteiger partial charge in [-0.1, -0.05) is 57.5 Å². The Labute approximate surface area is 131 Å². The maximum atomic E-state index is 11.5. The van der Waals surface area contributed by atoms with E-state index in [1.807, 2.05) is 47.6 Å². The minimum Gasteiger partial charge on any atom is -0.258 e. The minimum absolute atomic E-state index is 0.159. The Morgan fingerprint density at radius 3 is 1.84 bits per heavy atom. The number of nitrogens with zero attached hydrogens (tertiary/aromatic N) is 1. The topological polar surface area (TPSA) is 43.1 Å². The fraction of sp³-hybridized carbons (Fsp3) is 0.571. The molecule has 0 atom stereocenters. The van der Waals surface area contributed by atoms with Crippen molar-refractivity contribution in [2.75, 3.05) is 0 Å². The fourth-order valence-corrected chi connectivity index (χ4v) is 4.11. The molecular weight excluding hydrogens is 374 g/mol. The number of rotatable bonds is 1. The van der Waals surface area contributed by atoms with Crippen LogP contribution in [0.3, 0.4) is 0 Å². The van der Waals surface area contributed by atoms with Gasteiger partial charge in [-0.25, -0.2) is 0 Å². The standard InChI is InChI=1S/C14H19Br2NO2/c1-13(2,3)8-7-9(15)10(14(4,5)6)12(11(8)16)17(18)19/h7H,1-6H3. The highest BCUT2D eigenvalue weighted by atomic mass is 79.9. The molecule has 0 unspecified atom stereocenters. The van der Waals surface area contributed by atoms with Crippen LogP contribution in [0.25, 0.3) is 0 Å². The lowest BCUT2D eigenvalue weighted by Crippen LogP contribution is -2.19. The van der Waals surface area contributed by atoms with Gasteiger partial charge in [0.2, 0.25) is 0 Å². The lowest BCUT2D eigenvalue weighted by atomic mass is 9.81. The van der Waals surface area contributed by atoms with Crippen molar-refractivity contribution in [3.05, 3.63) is 36.3 Å². The average Bonchev–Trinajstić information content (AvgIpc) is 2.16. The molecule has 1 aromatic rings. The smallest absolute Gasteiger partial charge is 0.258 e. The van der Waals surface area contributed by atoms with Crippen LogP contribution in [0.2, 0.25) is 0 Å². The van der Waals surface area contributed by atoms with Crippen molar-refractivity contribution in [1.29, 1.82) is 0 Å². The molecule has 0 heterocycles. The van der Waals surface area contributed by atoms with Crippen LogP contribution >= 0.6 is 31.9 Å². The van der Waals surface area contributed by atoms with E-state index >= 15 is 0 Å². The Kier molecular flexibility index (Phi) is 4.52. The molecule has 3 nitrogen and oxygen atoms in total. The number of nitro groups is 1. The van der Waals surface area contributed by atoms with Gasteiger partial charge in [0.15, 0.2) is 0 Å². The van der Waals surface area contributed by atoms with E-state index in [0.29, 0.717) is 4.47 Å². The monoisotopic (exact) mass is 391 g/mol. The third kappa shape index (κ3) is 3.37. The molecule has 19 heavy (non-hydrogen) atoms. The normalized spacial score (nSPS) is 12.6. The van der Waals surface area contributed by atoms with Gasteiger partial charge in [-0.3, -0.25) is 10.1 Å². The molecule has 0 fully saturated rings. The summed E-state index contributed by atoms with van der Waals surface area (Å²) in [6, 6.07) is 1.98. The SMILES string of the molecule is CC(C)(C)c1cc(Br)c(C(C)(C)C)c([N+](=O)[O-])c1Br. The van der Waals surface area contributed by atoms with E-state index in [2.05, 4.69) is 31.9 Å². The molecular formula is C14H19Br2NO2. The second kappa shape index (κ2) is 5.17. The van der Waals surface area contributed by atoms with Crippen LogP contribution in [0, 0.1) is 10.1 Å². The predicted molar refractivity (Wildman–Crippen MR) is 85.9 cm³/mol. The summed E-state index contributed by atoms with van der Waals surface area (Å²) < 4.78 is 1.37. The van der Waals surface area contributed by atoms with E-state index in [9.17, 15) is 10.1 Å². The molecule has 0 saturated carbocycles. The van der Waals surface area contributed by atoms with Crippen LogP contribution in [0.4, 0.5) is 5.69 Å². The Hall–Kier alpha value is -0.420. The first-order valence-electron chi connectivity index (χ1n) is 6.04. The predicted octanol–water partition coefficient (Wildman–Crippen LogP) is 5.71. The number of halogens is 2. The molecule has 0 aliphatic heterocycles. The lowest BCUT2D eigenvalue weighted by Gasteiger charge is -2.26. The Balaban J connectivity index is 3.82. The zero-order chi connectivity index (χ0) is 15.2. The Morgan fingerprint density at radius 1 is 1.05 bits per heavy atom. The Bertz CT molecular complexity index is 526. The molecule has 0 aliphatic rings. The van der Waals surface area contributed by atoms with Crippen LogP contribution in [0.1, 0.15) is 52.7 Å². The molecule has 1 aromatic carbocycles. The van der Waals surface area contributed by atoms with Gasteiger partial charge in [-0.2, -0.15) is 0 Å². The summed E-state index contributed by atoms with van der Waals surface area (Å²) in [6.45, 7) is 12.1. The van der Waals surface area contributed by atoms with Gasteiger partial charge in [-0.05, 0) is 38.4 Å². The first kappa shape index (κ1) is 16.6. The van der Waals surface area contributed by atoms with Gasteiger partial charge in [0.1, 0.15) is 0 Å². The van der Waals surface area contributed by atoms with Crippen molar-refractivity contribution in [1.82, 2.24) is 0 Å². The van der Waals surface area contributed by atoms with Gasteiger partial charge in [-0.15, -0.1) is 0 Å². The van der Waals surface area contributed by atoms with Crippen molar-refractivity contribution >= 4 is 37.5 Å². The van der Waals surface area contributed by atoms with Crippen LogP contribution in [-0.4, -0.2) is 4.92 Å². The molecule has 0 bridgehead atoms. The summed E-state index contributed by atoms with van der Waals surface area (Å²) in [6.07, 6.45) is 0. The quantitative estimate of drug-likeness (QED) is 0.453. The van der Waals surface area contributed by atoms with E-state index in [-0.39, 0.29) is 21.4 Å². The van der Waals surface area contributed by atoms with Crippen molar-refractivity contribution in [2.24, 2.45) is 0 Å². The number of nitro benzene ring substituents is 1. The van der Waals surface area contributed by atoms with Crippen molar-refractivity contribution in [3.8, 4) is 0 Å². The molecule has 0 radical (unpaired) electrons. The molecule has 0 aromatic heterocycles. The minimum atomic E-state index is -0.305. The highest BCUT2D eigenvalue weighted by molar-refractivity contribution is 9.11. The largest absolute Gasteiger partial charge is 0.288 e. The molecule has 0 spiro atoms.